The molecule has 0 amide bonds. The van der Waals surface area contributed by atoms with E-state index in [9.17, 15) is 53.2 Å². The van der Waals surface area contributed by atoms with Gasteiger partial charge in [-0.3, -0.25) is 4.79 Å². The monoisotopic (exact) mass is 1740 g/mol. The summed E-state index contributed by atoms with van der Waals surface area (Å²) in [6.45, 7) is 26.6. The number of sulfonamides is 3. The topological polar surface area (TPSA) is 376 Å². The molecule has 5 fully saturated rings. The predicted molar refractivity (Wildman–Crippen MR) is 455 cm³/mol. The second kappa shape index (κ2) is 49.8. The van der Waals surface area contributed by atoms with Gasteiger partial charge in [0.15, 0.2) is 0 Å². The van der Waals surface area contributed by atoms with Crippen molar-refractivity contribution in [2.24, 2.45) is 0 Å². The van der Waals surface area contributed by atoms with E-state index in [2.05, 4.69) is 30.5 Å². The quantitative estimate of drug-likeness (QED) is 0.0261. The first-order chi connectivity index (χ1) is 54.4. The summed E-state index contributed by atoms with van der Waals surface area (Å²) in [5, 5.41) is 41.4. The fourth-order valence-electron chi connectivity index (χ4n) is 14.6. The first kappa shape index (κ1) is 104. The number of carboxylic acids is 2. The number of halogens is 1. The number of aliphatic carboxylic acids is 2. The van der Waals surface area contributed by atoms with E-state index in [1.165, 1.54) is 44.0 Å². The third-order valence-electron chi connectivity index (χ3n) is 19.7. The first-order valence-electron chi connectivity index (χ1n) is 39.2. The molecule has 5 aromatic carbocycles. The van der Waals surface area contributed by atoms with Gasteiger partial charge in [-0.25, -0.2) is 43.3 Å². The maximum absolute atomic E-state index is 13.5. The van der Waals surface area contributed by atoms with Crippen LogP contribution in [0.1, 0.15) is 180 Å². The predicted octanol–water partition coefficient (Wildman–Crippen LogP) is 12.5. The Hall–Kier alpha value is -6.76. The highest BCUT2D eigenvalue weighted by molar-refractivity contribution is 8.13. The second-order valence-corrected chi connectivity index (χ2v) is 38.5. The van der Waals surface area contributed by atoms with Crippen molar-refractivity contribution in [3.8, 4) is 28.7 Å². The number of nitrogens with zero attached hydrogens (tertiary/aromatic N) is 3. The number of hydrogen-bond donors (Lipinski definition) is 6. The molecular formula is C84H132ClN5O23S4. The van der Waals surface area contributed by atoms with Crippen molar-refractivity contribution in [3.63, 3.8) is 0 Å². The molecule has 0 aromatic heterocycles. The largest absolute Gasteiger partial charge is 0.497 e. The van der Waals surface area contributed by atoms with Gasteiger partial charge >= 0.3 is 17.9 Å². The Bertz CT molecular complexity index is 4340. The molecular weight excluding hydrogens is 1610 g/mol. The number of piperidine rings is 5. The first-order valence-corrected chi connectivity index (χ1v) is 45.8. The van der Waals surface area contributed by atoms with E-state index in [4.69, 9.17) is 63.9 Å². The van der Waals surface area contributed by atoms with Crippen molar-refractivity contribution in [1.29, 1.82) is 0 Å². The number of esters is 1. The van der Waals surface area contributed by atoms with Crippen LogP contribution in [0.2, 0.25) is 0 Å². The van der Waals surface area contributed by atoms with Gasteiger partial charge in [-0.2, -0.15) is 12.9 Å². The zero-order valence-electron chi connectivity index (χ0n) is 71.0. The highest BCUT2D eigenvalue weighted by atomic mass is 35.7. The number of aliphatic hydroxyl groups excluding tert-OH is 2. The van der Waals surface area contributed by atoms with Gasteiger partial charge in [-0.05, 0) is 284 Å². The average molecular weight is 1740 g/mol. The SMILES string of the molecule is C.COc1cc(C)c(S(=O)(=O)Cl)c(C)c1.COc1cc(C)c(S(=O)(=O)N2CCCC[C@H]2CO)c(C)c1.COc1cc(C)c(S(=O)(=O)N2CCCC[C@H]2COCC(=O)O)c(C)c1.COc1cc(C)c(S(=O)(=O)N2CCCC[C@H]2COCC(=O)OC(C)(C)C)c(C)c1.COc1cc(C)cc(C)c1.O=C(O)[C@@H]1CCCCN1.OC[C@@H]1CCCCN1. The Labute approximate surface area is 701 Å². The van der Waals surface area contributed by atoms with Crippen LogP contribution in [0.3, 0.4) is 0 Å². The zero-order valence-corrected chi connectivity index (χ0v) is 75.0. The van der Waals surface area contributed by atoms with Gasteiger partial charge < -0.3 is 69.0 Å². The fraction of sp³-hybridized carbons (Fsp3) is 0.607. The molecule has 0 bridgehead atoms. The van der Waals surface area contributed by atoms with E-state index in [-0.39, 0.29) is 62.9 Å². The fourth-order valence-corrected chi connectivity index (χ4v) is 22.5. The molecule has 10 rings (SSSR count). The van der Waals surface area contributed by atoms with Crippen LogP contribution in [0, 0.1) is 69.2 Å². The second-order valence-electron chi connectivity index (χ2n) is 30.5. The minimum atomic E-state index is -3.70. The number of nitrogens with one attached hydrogen (secondary N) is 2. The van der Waals surface area contributed by atoms with Crippen LogP contribution in [0.25, 0.3) is 0 Å². The molecule has 0 radical (unpaired) electrons. The summed E-state index contributed by atoms with van der Waals surface area (Å²) >= 11 is 0. The van der Waals surface area contributed by atoms with E-state index in [0.717, 1.165) is 83.0 Å². The Balaban J connectivity index is 0.000000369. The van der Waals surface area contributed by atoms with Crippen LogP contribution in [0.15, 0.2) is 86.3 Å². The van der Waals surface area contributed by atoms with Crippen LogP contribution < -0.4 is 34.3 Å². The standard InChI is InChI=1S/C21H33NO6S.C17H25NO6S.C15H23NO4S.C9H11ClO3S.C9H12O.C6H11NO2.C6H13NO.CH4/c1-15-11-18(26-6)12-16(2)20(15)29(24,25)22-10-8-7-9-17(22)13-27-14-19(23)28-21(3,4)5;1-12-8-15(23-3)9-13(2)17(12)25(21,22)18-7-5-4-6-14(18)10-24-11-16(19)20;1-11-8-14(20-3)9-12(2)15(11)21(18,19)16-7-5-4-6-13(16)10-17;1-6-4-8(13-3)5-7(2)9(6)14(10,11)12;1-7-4-8(2)6-9(5-7)10-3;8-6(9)5-3-1-2-4-7-5;8-5-6-3-1-2-4-7-6;/h11-12,17H,7-10,13-14H2,1-6H3;8-9,14H,4-7,10-11H2,1-3H3,(H,19,20);8-9,13,17H,4-7,10H2,1-3H3;4-5H,1-3H3;4-6H,1-3H3;5,7H,1-4H2,(H,8,9);6-8H,1-5H2;1H4/t17-;14-;13-;;;5-;6-;/m000..00./s1. The average Bonchev–Trinajstić information content (AvgIpc) is 0.775. The number of carbonyl (C=O) groups excluding carboxylic acids is 1. The zero-order chi connectivity index (χ0) is 87.1. The lowest BCUT2D eigenvalue weighted by atomic mass is 10.1. The lowest BCUT2D eigenvalue weighted by Crippen LogP contribution is -2.46. The number of ether oxygens (including phenoxy) is 8. The van der Waals surface area contributed by atoms with Gasteiger partial charge in [0, 0.05) is 54.5 Å². The van der Waals surface area contributed by atoms with Crippen LogP contribution in [-0.4, -0.2) is 229 Å². The van der Waals surface area contributed by atoms with Gasteiger partial charge in [0.1, 0.15) is 53.6 Å². The number of carbonyl (C=O) groups is 3. The minimum absolute atomic E-state index is 0. The maximum atomic E-state index is 13.5. The number of benzene rings is 5. The molecule has 33 heteroatoms. The van der Waals surface area contributed by atoms with E-state index in [1.807, 2.05) is 12.1 Å². The summed E-state index contributed by atoms with van der Waals surface area (Å²) in [7, 11) is -1.47. The molecule has 662 valence electrons. The van der Waals surface area contributed by atoms with Crippen molar-refractivity contribution in [2.45, 2.75) is 249 Å². The highest BCUT2D eigenvalue weighted by Crippen LogP contribution is 2.36. The number of rotatable bonds is 23. The lowest BCUT2D eigenvalue weighted by molar-refractivity contribution is -0.160. The summed E-state index contributed by atoms with van der Waals surface area (Å²) in [4.78, 5) is 33.9. The Morgan fingerprint density at radius 2 is 0.744 bits per heavy atom. The van der Waals surface area contributed by atoms with Gasteiger partial charge in [-0.15, -0.1) is 0 Å². The lowest BCUT2D eigenvalue weighted by Gasteiger charge is -2.35. The summed E-state index contributed by atoms with van der Waals surface area (Å²) in [6.07, 6.45) is 13.9. The molecule has 0 spiro atoms. The molecule has 5 aliphatic rings. The van der Waals surface area contributed by atoms with Gasteiger partial charge in [0.25, 0.3) is 9.05 Å². The summed E-state index contributed by atoms with van der Waals surface area (Å²) < 4.78 is 148. The number of aliphatic hydroxyl groups is 2. The summed E-state index contributed by atoms with van der Waals surface area (Å²) in [5.74, 6) is 1.25. The smallest absolute Gasteiger partial charge is 0.332 e. The van der Waals surface area contributed by atoms with Crippen LogP contribution >= 0.6 is 10.7 Å². The Morgan fingerprint density at radius 3 is 1.02 bits per heavy atom. The maximum Gasteiger partial charge on any atom is 0.332 e. The van der Waals surface area contributed by atoms with Gasteiger partial charge in [0.05, 0.1) is 81.6 Å². The number of aryl methyl sites for hydroxylation is 10. The van der Waals surface area contributed by atoms with Crippen LogP contribution in [0.5, 0.6) is 28.7 Å². The normalized spacial score (nSPS) is 18.7. The van der Waals surface area contributed by atoms with E-state index in [0.29, 0.717) is 134 Å². The van der Waals surface area contributed by atoms with Crippen molar-refractivity contribution in [3.05, 3.63) is 122 Å². The molecule has 5 atom stereocenters. The number of carboxylic acid groups (broad SMARTS) is 2. The molecule has 5 heterocycles. The van der Waals surface area contributed by atoms with Crippen LogP contribution in [0.4, 0.5) is 0 Å². The van der Waals surface area contributed by atoms with E-state index in [1.54, 1.807) is 153 Å². The molecule has 0 unspecified atom stereocenters. The molecule has 6 N–H and O–H groups in total. The summed E-state index contributed by atoms with van der Waals surface area (Å²) in [6, 6.07) is 18.9. The van der Waals surface area contributed by atoms with Crippen molar-refractivity contribution >= 4 is 67.7 Å². The van der Waals surface area contributed by atoms with Gasteiger partial charge in [-0.1, -0.05) is 45.6 Å². The minimum Gasteiger partial charge on any atom is -0.497 e. The number of hydrogen-bond acceptors (Lipinski definition) is 23. The molecule has 28 nitrogen and oxygen atoms in total. The van der Waals surface area contributed by atoms with Crippen molar-refractivity contribution in [2.75, 3.05) is 108 Å². The molecule has 0 saturated carbocycles. The molecule has 117 heavy (non-hydrogen) atoms. The van der Waals surface area contributed by atoms with Crippen molar-refractivity contribution < 1.29 is 106 Å². The molecule has 5 saturated heterocycles. The number of methoxy groups -OCH3 is 5. The third kappa shape index (κ3) is 33.0. The molecule has 0 aliphatic carbocycles. The molecule has 5 aliphatic heterocycles. The van der Waals surface area contributed by atoms with Crippen LogP contribution in [-0.2, 0) is 67.7 Å². The van der Waals surface area contributed by atoms with E-state index < -0.39 is 69.2 Å². The van der Waals surface area contributed by atoms with Crippen molar-refractivity contribution in [1.82, 2.24) is 23.5 Å². The highest BCUT2D eigenvalue weighted by Gasteiger charge is 2.39. The Kier molecular flexibility index (Phi) is 44.5. The summed E-state index contributed by atoms with van der Waals surface area (Å²) in [5.41, 5.74) is 7.02. The Morgan fingerprint density at radius 1 is 0.427 bits per heavy atom. The third-order valence-corrected chi connectivity index (χ3v) is 28.1. The van der Waals surface area contributed by atoms with E-state index >= 15 is 0 Å². The van der Waals surface area contributed by atoms with Gasteiger partial charge in [0.2, 0.25) is 30.1 Å². The molecule has 5 aromatic rings.